The van der Waals surface area contributed by atoms with E-state index in [1.165, 1.54) is 32.4 Å². The Morgan fingerprint density at radius 1 is 1.15 bits per heavy atom. The number of aromatic nitrogens is 1. The third-order valence-corrected chi connectivity index (χ3v) is 5.18. The molecule has 0 atom stereocenters. The minimum atomic E-state index is -2.90. The van der Waals surface area contributed by atoms with Gasteiger partial charge in [0, 0.05) is 37.9 Å². The Balaban J connectivity index is 0.00000385. The van der Waals surface area contributed by atoms with E-state index < -0.39 is 6.61 Å². The maximum Gasteiger partial charge on any atom is 0.387 e. The molecule has 0 aliphatic carbocycles. The molecule has 0 amide bonds. The second kappa shape index (κ2) is 14.0. The van der Waals surface area contributed by atoms with Gasteiger partial charge in [-0.3, -0.25) is 0 Å². The number of aliphatic imine (C=N–C) groups is 1. The molecule has 0 radical (unpaired) electrons. The van der Waals surface area contributed by atoms with Crippen molar-refractivity contribution in [1.29, 1.82) is 0 Å². The van der Waals surface area contributed by atoms with Crippen LogP contribution in [0, 0.1) is 0 Å². The number of pyridine rings is 1. The standard InChI is InChI=1S/C23H31F2N5O2.HI/c1-3-26-23(29-16-18-14-19(31-2)7-8-20(18)32-22(24)25)28-15-17-9-10-27-21(13-17)30-11-5-4-6-12-30;/h7-10,13-14,22H,3-6,11-12,15-16H2,1-2H3,(H2,26,28,29);1H. The molecule has 1 fully saturated rings. The first kappa shape index (κ1) is 26.9. The highest BCUT2D eigenvalue weighted by molar-refractivity contribution is 14.0. The van der Waals surface area contributed by atoms with Crippen LogP contribution in [0.5, 0.6) is 11.5 Å². The first-order valence-corrected chi connectivity index (χ1v) is 10.9. The zero-order valence-corrected chi connectivity index (χ0v) is 21.4. The van der Waals surface area contributed by atoms with Crippen molar-refractivity contribution in [3.8, 4) is 11.5 Å². The first-order valence-electron chi connectivity index (χ1n) is 10.9. The lowest BCUT2D eigenvalue weighted by molar-refractivity contribution is -0.0504. The molecule has 0 spiro atoms. The van der Waals surface area contributed by atoms with E-state index in [0.717, 1.165) is 24.5 Å². The third kappa shape index (κ3) is 8.49. The topological polar surface area (TPSA) is 71.0 Å². The molecule has 1 saturated heterocycles. The fraction of sp³-hybridized carbons (Fsp3) is 0.478. The normalized spacial score (nSPS) is 14.0. The molecule has 0 bridgehead atoms. The van der Waals surface area contributed by atoms with Crippen molar-refractivity contribution in [2.45, 2.75) is 45.9 Å². The third-order valence-electron chi connectivity index (χ3n) is 5.18. The Morgan fingerprint density at radius 3 is 2.64 bits per heavy atom. The SMILES string of the molecule is CCNC(=NCc1ccnc(N2CCCCC2)c1)NCc1cc(OC)ccc1OC(F)F.I. The molecule has 10 heteroatoms. The number of guanidine groups is 1. The quantitative estimate of drug-likeness (QED) is 0.260. The number of benzene rings is 1. The molecule has 3 rings (SSSR count). The zero-order chi connectivity index (χ0) is 22.8. The number of halogens is 3. The van der Waals surface area contributed by atoms with Crippen LogP contribution in [-0.4, -0.2) is 44.3 Å². The second-order valence-electron chi connectivity index (χ2n) is 7.47. The molecular weight excluding hydrogens is 543 g/mol. The van der Waals surface area contributed by atoms with Gasteiger partial charge in [0.2, 0.25) is 0 Å². The molecule has 7 nitrogen and oxygen atoms in total. The van der Waals surface area contributed by atoms with Crippen LogP contribution in [-0.2, 0) is 13.1 Å². The van der Waals surface area contributed by atoms with E-state index in [-0.39, 0.29) is 36.3 Å². The largest absolute Gasteiger partial charge is 0.497 e. The summed E-state index contributed by atoms with van der Waals surface area (Å²) in [5.74, 6) is 2.23. The number of nitrogens with one attached hydrogen (secondary N) is 2. The van der Waals surface area contributed by atoms with Crippen LogP contribution in [0.2, 0.25) is 0 Å². The number of methoxy groups -OCH3 is 1. The average Bonchev–Trinajstić information content (AvgIpc) is 2.82. The van der Waals surface area contributed by atoms with Gasteiger partial charge in [-0.1, -0.05) is 0 Å². The van der Waals surface area contributed by atoms with Crippen LogP contribution in [0.3, 0.4) is 0 Å². The Labute approximate surface area is 211 Å². The lowest BCUT2D eigenvalue weighted by atomic mass is 10.1. The number of alkyl halides is 2. The predicted octanol–water partition coefficient (Wildman–Crippen LogP) is 4.56. The number of hydrogen-bond donors (Lipinski definition) is 2. The summed E-state index contributed by atoms with van der Waals surface area (Å²) in [6.07, 6.45) is 5.48. The lowest BCUT2D eigenvalue weighted by Crippen LogP contribution is -2.37. The molecule has 1 aromatic carbocycles. The monoisotopic (exact) mass is 575 g/mol. The van der Waals surface area contributed by atoms with Gasteiger partial charge in [-0.15, -0.1) is 24.0 Å². The molecule has 1 aliphatic heterocycles. The second-order valence-corrected chi connectivity index (χ2v) is 7.47. The summed E-state index contributed by atoms with van der Waals surface area (Å²) >= 11 is 0. The molecule has 2 heterocycles. The van der Waals surface area contributed by atoms with Crippen molar-refractivity contribution < 1.29 is 18.3 Å². The molecule has 1 aromatic heterocycles. The van der Waals surface area contributed by atoms with Crippen LogP contribution in [0.4, 0.5) is 14.6 Å². The van der Waals surface area contributed by atoms with E-state index in [1.807, 2.05) is 19.2 Å². The van der Waals surface area contributed by atoms with E-state index in [1.54, 1.807) is 12.1 Å². The minimum Gasteiger partial charge on any atom is -0.497 e. The van der Waals surface area contributed by atoms with E-state index in [2.05, 4.69) is 36.3 Å². The molecule has 33 heavy (non-hydrogen) atoms. The molecule has 2 aromatic rings. The van der Waals surface area contributed by atoms with Gasteiger partial charge in [-0.05, 0) is 62.1 Å². The molecular formula is C23H32F2IN5O2. The van der Waals surface area contributed by atoms with Gasteiger partial charge >= 0.3 is 6.61 Å². The number of hydrogen-bond acceptors (Lipinski definition) is 5. The van der Waals surface area contributed by atoms with Gasteiger partial charge in [-0.2, -0.15) is 8.78 Å². The minimum absolute atomic E-state index is 0. The number of rotatable bonds is 9. The van der Waals surface area contributed by atoms with Gasteiger partial charge < -0.3 is 25.0 Å². The van der Waals surface area contributed by atoms with E-state index in [4.69, 9.17) is 4.74 Å². The van der Waals surface area contributed by atoms with Gasteiger partial charge in [0.1, 0.15) is 17.3 Å². The van der Waals surface area contributed by atoms with E-state index >= 15 is 0 Å². The van der Waals surface area contributed by atoms with Crippen molar-refractivity contribution >= 4 is 35.8 Å². The summed E-state index contributed by atoms with van der Waals surface area (Å²) in [5.41, 5.74) is 1.60. The summed E-state index contributed by atoms with van der Waals surface area (Å²) in [6, 6.07) is 8.77. The number of anilines is 1. The van der Waals surface area contributed by atoms with Gasteiger partial charge in [0.05, 0.1) is 13.7 Å². The van der Waals surface area contributed by atoms with Crippen LogP contribution in [0.1, 0.15) is 37.3 Å². The molecule has 0 saturated carbocycles. The summed E-state index contributed by atoms with van der Waals surface area (Å²) < 4.78 is 35.4. The first-order chi connectivity index (χ1) is 15.6. The van der Waals surface area contributed by atoms with Crippen LogP contribution in [0.25, 0.3) is 0 Å². The lowest BCUT2D eigenvalue weighted by Gasteiger charge is -2.27. The fourth-order valence-electron chi connectivity index (χ4n) is 3.58. The highest BCUT2D eigenvalue weighted by Crippen LogP contribution is 2.25. The Hall–Kier alpha value is -2.37. The molecule has 0 unspecified atom stereocenters. The summed E-state index contributed by atoms with van der Waals surface area (Å²) in [4.78, 5) is 11.5. The Bertz CT molecular complexity index is 895. The van der Waals surface area contributed by atoms with Crippen molar-refractivity contribution in [2.24, 2.45) is 4.99 Å². The van der Waals surface area contributed by atoms with Crippen LogP contribution >= 0.6 is 24.0 Å². The van der Waals surface area contributed by atoms with Crippen LogP contribution < -0.4 is 25.0 Å². The number of piperidine rings is 1. The fourth-order valence-corrected chi connectivity index (χ4v) is 3.58. The number of nitrogens with zero attached hydrogens (tertiary/aromatic N) is 3. The number of ether oxygens (including phenoxy) is 2. The summed E-state index contributed by atoms with van der Waals surface area (Å²) in [5, 5.41) is 6.37. The van der Waals surface area contributed by atoms with Crippen molar-refractivity contribution in [2.75, 3.05) is 31.6 Å². The maximum absolute atomic E-state index is 12.8. The molecule has 1 aliphatic rings. The van der Waals surface area contributed by atoms with Gasteiger partial charge in [0.25, 0.3) is 0 Å². The zero-order valence-electron chi connectivity index (χ0n) is 19.0. The molecule has 2 N–H and O–H groups in total. The van der Waals surface area contributed by atoms with Gasteiger partial charge in [-0.25, -0.2) is 9.98 Å². The Morgan fingerprint density at radius 2 is 1.94 bits per heavy atom. The van der Waals surface area contributed by atoms with Crippen LogP contribution in [0.15, 0.2) is 41.5 Å². The van der Waals surface area contributed by atoms with Crippen molar-refractivity contribution in [3.63, 3.8) is 0 Å². The highest BCUT2D eigenvalue weighted by Gasteiger charge is 2.13. The maximum atomic E-state index is 12.8. The summed E-state index contributed by atoms with van der Waals surface area (Å²) in [6.45, 7) is 2.53. The smallest absolute Gasteiger partial charge is 0.387 e. The molecule has 182 valence electrons. The predicted molar refractivity (Wildman–Crippen MR) is 137 cm³/mol. The summed E-state index contributed by atoms with van der Waals surface area (Å²) in [7, 11) is 1.53. The van der Waals surface area contributed by atoms with Crippen molar-refractivity contribution in [3.05, 3.63) is 47.7 Å². The Kier molecular flexibility index (Phi) is 11.4. The van der Waals surface area contributed by atoms with E-state index in [0.29, 0.717) is 30.4 Å². The highest BCUT2D eigenvalue weighted by atomic mass is 127. The average molecular weight is 575 g/mol. The van der Waals surface area contributed by atoms with Crippen molar-refractivity contribution in [1.82, 2.24) is 15.6 Å². The van der Waals surface area contributed by atoms with Gasteiger partial charge in [0.15, 0.2) is 5.96 Å². The van der Waals surface area contributed by atoms with E-state index in [9.17, 15) is 8.78 Å².